The average Bonchev–Trinajstić information content (AvgIpc) is 2.14. The normalized spacial score (nSPS) is 25.3. The predicted molar refractivity (Wildman–Crippen MR) is 58.4 cm³/mol. The summed E-state index contributed by atoms with van der Waals surface area (Å²) >= 11 is 0. The molecule has 0 radical (unpaired) electrons. The maximum absolute atomic E-state index is 11.6. The largest absolute Gasteiger partial charge is 0.349 e. The lowest BCUT2D eigenvalue weighted by atomic mass is 9.75. The highest BCUT2D eigenvalue weighted by molar-refractivity contribution is 5.81. The summed E-state index contributed by atoms with van der Waals surface area (Å²) in [5.74, 6) is 0.862. The molecule has 1 amide bonds. The molecule has 2 heteroatoms. The molecule has 1 N–H and O–H groups in total. The Morgan fingerprint density at radius 3 is 2.73 bits per heavy atom. The topological polar surface area (TPSA) is 29.1 Å². The maximum atomic E-state index is 11.6. The molecule has 1 aromatic carbocycles. The Labute approximate surface area is 89.7 Å². The summed E-state index contributed by atoms with van der Waals surface area (Å²) in [5.41, 5.74) is 2.57. The predicted octanol–water partition coefficient (Wildman–Crippen LogP) is 2.20. The van der Waals surface area contributed by atoms with E-state index in [1.165, 1.54) is 30.4 Å². The Kier molecular flexibility index (Phi) is 2.01. The van der Waals surface area contributed by atoms with Gasteiger partial charge in [0, 0.05) is 0 Å². The Balaban J connectivity index is 1.98. The first-order chi connectivity index (χ1) is 7.34. The van der Waals surface area contributed by atoms with E-state index in [-0.39, 0.29) is 11.9 Å². The van der Waals surface area contributed by atoms with Gasteiger partial charge in [0.2, 0.25) is 5.91 Å². The standard InChI is InChI=1S/C13H15NO/c15-12-8-10-4-1-2-7-11(10)13(14-12)9-5-3-6-9/h1-2,4,7,9,13H,3,5-6,8H2,(H,14,15). The number of fused-ring (bicyclic) bond motifs is 1. The average molecular weight is 201 g/mol. The van der Waals surface area contributed by atoms with Gasteiger partial charge in [0.15, 0.2) is 0 Å². The minimum Gasteiger partial charge on any atom is -0.349 e. The van der Waals surface area contributed by atoms with Crippen LogP contribution in [0.1, 0.15) is 36.4 Å². The Hall–Kier alpha value is -1.31. The van der Waals surface area contributed by atoms with Gasteiger partial charge in [-0.25, -0.2) is 0 Å². The third-order valence-corrected chi connectivity index (χ3v) is 3.68. The Bertz CT molecular complexity index is 395. The van der Waals surface area contributed by atoms with Gasteiger partial charge in [0.1, 0.15) is 0 Å². The van der Waals surface area contributed by atoms with Crippen molar-refractivity contribution in [1.29, 1.82) is 0 Å². The van der Waals surface area contributed by atoms with Crippen LogP contribution in [0.25, 0.3) is 0 Å². The van der Waals surface area contributed by atoms with Crippen molar-refractivity contribution in [2.45, 2.75) is 31.7 Å². The van der Waals surface area contributed by atoms with Crippen molar-refractivity contribution >= 4 is 5.91 Å². The zero-order valence-electron chi connectivity index (χ0n) is 8.70. The van der Waals surface area contributed by atoms with E-state index in [9.17, 15) is 4.79 Å². The number of benzene rings is 1. The number of nitrogens with one attached hydrogen (secondary N) is 1. The van der Waals surface area contributed by atoms with Gasteiger partial charge in [-0.2, -0.15) is 0 Å². The molecule has 1 aliphatic carbocycles. The van der Waals surface area contributed by atoms with Crippen molar-refractivity contribution in [2.75, 3.05) is 0 Å². The van der Waals surface area contributed by atoms with Crippen molar-refractivity contribution in [3.05, 3.63) is 35.4 Å². The van der Waals surface area contributed by atoms with Crippen LogP contribution in [0.3, 0.4) is 0 Å². The molecular weight excluding hydrogens is 186 g/mol. The fourth-order valence-corrected chi connectivity index (χ4v) is 2.62. The zero-order chi connectivity index (χ0) is 10.3. The first-order valence-electron chi connectivity index (χ1n) is 5.72. The van der Waals surface area contributed by atoms with Crippen LogP contribution in [-0.2, 0) is 11.2 Å². The quantitative estimate of drug-likeness (QED) is 0.741. The van der Waals surface area contributed by atoms with Gasteiger partial charge in [-0.1, -0.05) is 30.7 Å². The third kappa shape index (κ3) is 1.44. The summed E-state index contributed by atoms with van der Waals surface area (Å²) in [4.78, 5) is 11.6. The molecule has 1 unspecified atom stereocenters. The second-order valence-corrected chi connectivity index (χ2v) is 4.61. The Morgan fingerprint density at radius 1 is 1.20 bits per heavy atom. The van der Waals surface area contributed by atoms with Crippen LogP contribution in [0.5, 0.6) is 0 Å². The molecule has 0 aromatic heterocycles. The number of amides is 1. The fourth-order valence-electron chi connectivity index (χ4n) is 2.62. The summed E-state index contributed by atoms with van der Waals surface area (Å²) in [7, 11) is 0. The van der Waals surface area contributed by atoms with Gasteiger partial charge >= 0.3 is 0 Å². The minimum atomic E-state index is 0.186. The monoisotopic (exact) mass is 201 g/mol. The van der Waals surface area contributed by atoms with Gasteiger partial charge in [-0.05, 0) is 29.9 Å². The lowest BCUT2D eigenvalue weighted by Crippen LogP contribution is -2.41. The van der Waals surface area contributed by atoms with Crippen LogP contribution in [0.2, 0.25) is 0 Å². The van der Waals surface area contributed by atoms with Gasteiger partial charge in [-0.3, -0.25) is 4.79 Å². The summed E-state index contributed by atoms with van der Waals surface area (Å²) in [6, 6.07) is 8.63. The minimum absolute atomic E-state index is 0.186. The van der Waals surface area contributed by atoms with Gasteiger partial charge in [0.05, 0.1) is 12.5 Å². The van der Waals surface area contributed by atoms with E-state index in [1.807, 2.05) is 6.07 Å². The van der Waals surface area contributed by atoms with Crippen LogP contribution in [0.4, 0.5) is 0 Å². The van der Waals surface area contributed by atoms with Crippen LogP contribution in [-0.4, -0.2) is 5.91 Å². The molecule has 78 valence electrons. The summed E-state index contributed by atoms with van der Waals surface area (Å²) in [6.07, 6.45) is 4.40. The Morgan fingerprint density at radius 2 is 2.00 bits per heavy atom. The summed E-state index contributed by atoms with van der Waals surface area (Å²) in [6.45, 7) is 0. The summed E-state index contributed by atoms with van der Waals surface area (Å²) in [5, 5.41) is 3.14. The van der Waals surface area contributed by atoms with Crippen molar-refractivity contribution < 1.29 is 4.79 Å². The van der Waals surface area contributed by atoms with E-state index in [2.05, 4.69) is 23.5 Å². The first kappa shape index (κ1) is 8.96. The van der Waals surface area contributed by atoms with E-state index in [1.54, 1.807) is 0 Å². The van der Waals surface area contributed by atoms with E-state index < -0.39 is 0 Å². The maximum Gasteiger partial charge on any atom is 0.224 e. The van der Waals surface area contributed by atoms with E-state index in [4.69, 9.17) is 0 Å². The van der Waals surface area contributed by atoms with Crippen molar-refractivity contribution in [2.24, 2.45) is 5.92 Å². The molecule has 2 nitrogen and oxygen atoms in total. The SMILES string of the molecule is O=C1Cc2ccccc2C(C2CCC2)N1. The fraction of sp³-hybridized carbons (Fsp3) is 0.462. The molecule has 15 heavy (non-hydrogen) atoms. The zero-order valence-corrected chi connectivity index (χ0v) is 8.70. The van der Waals surface area contributed by atoms with Crippen molar-refractivity contribution in [3.8, 4) is 0 Å². The molecule has 1 heterocycles. The van der Waals surface area contributed by atoms with Crippen LogP contribution < -0.4 is 5.32 Å². The number of hydrogen-bond acceptors (Lipinski definition) is 1. The smallest absolute Gasteiger partial charge is 0.224 e. The van der Waals surface area contributed by atoms with Gasteiger partial charge in [-0.15, -0.1) is 0 Å². The number of rotatable bonds is 1. The molecule has 0 spiro atoms. The van der Waals surface area contributed by atoms with Crippen LogP contribution in [0.15, 0.2) is 24.3 Å². The molecular formula is C13H15NO. The highest BCUT2D eigenvalue weighted by atomic mass is 16.1. The van der Waals surface area contributed by atoms with Crippen LogP contribution >= 0.6 is 0 Å². The van der Waals surface area contributed by atoms with Gasteiger partial charge < -0.3 is 5.32 Å². The highest BCUT2D eigenvalue weighted by Crippen LogP contribution is 2.40. The molecule has 1 fully saturated rings. The lowest BCUT2D eigenvalue weighted by Gasteiger charge is -2.37. The van der Waals surface area contributed by atoms with Crippen LogP contribution in [0, 0.1) is 5.92 Å². The molecule has 1 aromatic rings. The van der Waals surface area contributed by atoms with Crippen molar-refractivity contribution in [1.82, 2.24) is 5.32 Å². The molecule has 2 aliphatic rings. The van der Waals surface area contributed by atoms with Gasteiger partial charge in [0.25, 0.3) is 0 Å². The van der Waals surface area contributed by atoms with E-state index >= 15 is 0 Å². The second kappa shape index (κ2) is 3.37. The molecule has 1 saturated carbocycles. The molecule has 1 atom stereocenters. The lowest BCUT2D eigenvalue weighted by molar-refractivity contribution is -0.122. The third-order valence-electron chi connectivity index (χ3n) is 3.68. The van der Waals surface area contributed by atoms with Crippen molar-refractivity contribution in [3.63, 3.8) is 0 Å². The number of carbonyl (C=O) groups excluding carboxylic acids is 1. The second-order valence-electron chi connectivity index (χ2n) is 4.61. The molecule has 0 saturated heterocycles. The van der Waals surface area contributed by atoms with E-state index in [0.717, 1.165) is 0 Å². The number of hydrogen-bond donors (Lipinski definition) is 1. The molecule has 1 aliphatic heterocycles. The number of carbonyl (C=O) groups is 1. The highest BCUT2D eigenvalue weighted by Gasteiger charge is 2.33. The molecule has 0 bridgehead atoms. The molecule has 3 rings (SSSR count). The first-order valence-corrected chi connectivity index (χ1v) is 5.72. The summed E-state index contributed by atoms with van der Waals surface area (Å²) < 4.78 is 0. The van der Waals surface area contributed by atoms with E-state index in [0.29, 0.717) is 12.3 Å².